The first-order valence-corrected chi connectivity index (χ1v) is 6.32. The van der Waals surface area contributed by atoms with Crippen molar-refractivity contribution < 1.29 is 9.84 Å². The predicted octanol–water partition coefficient (Wildman–Crippen LogP) is 2.00. The van der Waals surface area contributed by atoms with Crippen LogP contribution < -0.4 is 10.1 Å². The second-order valence-corrected chi connectivity index (χ2v) is 5.02. The van der Waals surface area contributed by atoms with Gasteiger partial charge in [0.05, 0.1) is 18.8 Å². The van der Waals surface area contributed by atoms with Gasteiger partial charge in [0.2, 0.25) is 11.8 Å². The van der Waals surface area contributed by atoms with Crippen molar-refractivity contribution in [2.45, 2.75) is 46.8 Å². The number of hydrogen-bond donors (Lipinski definition) is 2. The van der Waals surface area contributed by atoms with Gasteiger partial charge in [0.25, 0.3) is 0 Å². The van der Waals surface area contributed by atoms with Gasteiger partial charge in [-0.15, -0.1) is 0 Å². The summed E-state index contributed by atoms with van der Waals surface area (Å²) in [5.41, 5.74) is 0.837. The molecule has 0 amide bonds. The number of aryl methyl sites for hydroxylation is 1. The van der Waals surface area contributed by atoms with Gasteiger partial charge >= 0.3 is 0 Å². The maximum Gasteiger partial charge on any atom is 0.226 e. The fourth-order valence-corrected chi connectivity index (χ4v) is 1.50. The standard InChI is InChI=1S/C13H23N3O2/c1-8(2)11(7-17)15-13-14-10(5)6-12(16-13)18-9(3)4/h6,8-9,11,17H,7H2,1-5H3,(H,14,15,16). The number of anilines is 1. The van der Waals surface area contributed by atoms with Crippen molar-refractivity contribution in [3.8, 4) is 5.88 Å². The number of nitrogens with zero attached hydrogens (tertiary/aromatic N) is 2. The van der Waals surface area contributed by atoms with Crippen molar-refractivity contribution in [1.29, 1.82) is 0 Å². The smallest absolute Gasteiger partial charge is 0.226 e. The Kier molecular flexibility index (Phi) is 5.34. The van der Waals surface area contributed by atoms with Gasteiger partial charge in [0.1, 0.15) is 0 Å². The summed E-state index contributed by atoms with van der Waals surface area (Å²) >= 11 is 0. The fourth-order valence-electron chi connectivity index (χ4n) is 1.50. The first kappa shape index (κ1) is 14.7. The highest BCUT2D eigenvalue weighted by Crippen LogP contribution is 2.15. The Bertz CT molecular complexity index is 380. The second-order valence-electron chi connectivity index (χ2n) is 5.02. The molecule has 0 aromatic carbocycles. The Morgan fingerprint density at radius 2 is 1.94 bits per heavy atom. The Hall–Kier alpha value is -1.36. The third-order valence-corrected chi connectivity index (χ3v) is 2.50. The third-order valence-electron chi connectivity index (χ3n) is 2.50. The second kappa shape index (κ2) is 6.54. The molecule has 1 unspecified atom stereocenters. The molecule has 102 valence electrons. The molecule has 0 aliphatic rings. The van der Waals surface area contributed by atoms with Crippen LogP contribution in [-0.2, 0) is 0 Å². The molecular weight excluding hydrogens is 230 g/mol. The average Bonchev–Trinajstić information content (AvgIpc) is 2.23. The molecule has 5 heteroatoms. The number of rotatable bonds is 6. The SMILES string of the molecule is Cc1cc(OC(C)C)nc(NC(CO)C(C)C)n1. The normalized spacial score (nSPS) is 12.9. The van der Waals surface area contributed by atoms with E-state index in [9.17, 15) is 5.11 Å². The number of ether oxygens (including phenoxy) is 1. The van der Waals surface area contributed by atoms with Gasteiger partial charge in [0.15, 0.2) is 0 Å². The summed E-state index contributed by atoms with van der Waals surface area (Å²) in [6.45, 7) is 9.92. The first-order chi connectivity index (χ1) is 8.42. The monoisotopic (exact) mass is 253 g/mol. The lowest BCUT2D eigenvalue weighted by Crippen LogP contribution is -2.30. The molecule has 0 aliphatic heterocycles. The largest absolute Gasteiger partial charge is 0.475 e. The Balaban J connectivity index is 2.85. The average molecular weight is 253 g/mol. The minimum Gasteiger partial charge on any atom is -0.475 e. The zero-order valence-electron chi connectivity index (χ0n) is 11.8. The molecule has 0 saturated carbocycles. The van der Waals surface area contributed by atoms with Crippen LogP contribution in [0.15, 0.2) is 6.07 Å². The zero-order chi connectivity index (χ0) is 13.7. The molecule has 1 aromatic heterocycles. The molecule has 1 atom stereocenters. The molecule has 0 saturated heterocycles. The highest BCUT2D eigenvalue weighted by Gasteiger charge is 2.14. The predicted molar refractivity (Wildman–Crippen MR) is 71.9 cm³/mol. The quantitative estimate of drug-likeness (QED) is 0.811. The summed E-state index contributed by atoms with van der Waals surface area (Å²) in [6.07, 6.45) is 0.0749. The van der Waals surface area contributed by atoms with Crippen LogP contribution in [0.25, 0.3) is 0 Å². The summed E-state index contributed by atoms with van der Waals surface area (Å²) in [6, 6.07) is 1.74. The number of nitrogens with one attached hydrogen (secondary N) is 1. The van der Waals surface area contributed by atoms with E-state index in [1.165, 1.54) is 0 Å². The molecule has 1 aromatic rings. The van der Waals surface area contributed by atoms with Crippen molar-refractivity contribution in [1.82, 2.24) is 9.97 Å². The van der Waals surface area contributed by atoms with Crippen molar-refractivity contribution in [2.24, 2.45) is 5.92 Å². The van der Waals surface area contributed by atoms with Crippen molar-refractivity contribution in [3.05, 3.63) is 11.8 Å². The van der Waals surface area contributed by atoms with Gasteiger partial charge in [-0.1, -0.05) is 13.8 Å². The molecule has 0 radical (unpaired) electrons. The van der Waals surface area contributed by atoms with E-state index < -0.39 is 0 Å². The topological polar surface area (TPSA) is 67.3 Å². The Labute approximate surface area is 109 Å². The van der Waals surface area contributed by atoms with Gasteiger partial charge in [-0.2, -0.15) is 4.98 Å². The highest BCUT2D eigenvalue weighted by atomic mass is 16.5. The van der Waals surface area contributed by atoms with E-state index in [4.69, 9.17) is 4.74 Å². The molecule has 1 rings (SSSR count). The Morgan fingerprint density at radius 1 is 1.28 bits per heavy atom. The van der Waals surface area contributed by atoms with Gasteiger partial charge in [-0.05, 0) is 26.7 Å². The van der Waals surface area contributed by atoms with E-state index in [1.54, 1.807) is 6.07 Å². The van der Waals surface area contributed by atoms with Gasteiger partial charge < -0.3 is 15.2 Å². The van der Waals surface area contributed by atoms with E-state index in [0.29, 0.717) is 17.7 Å². The number of hydrogen-bond acceptors (Lipinski definition) is 5. The molecule has 18 heavy (non-hydrogen) atoms. The molecule has 0 spiro atoms. The van der Waals surface area contributed by atoms with E-state index in [2.05, 4.69) is 15.3 Å². The van der Waals surface area contributed by atoms with Gasteiger partial charge in [-0.25, -0.2) is 4.98 Å². The maximum atomic E-state index is 9.29. The zero-order valence-corrected chi connectivity index (χ0v) is 11.8. The minimum atomic E-state index is -0.0568. The van der Waals surface area contributed by atoms with Gasteiger partial charge in [0, 0.05) is 11.8 Å². The van der Waals surface area contributed by atoms with Crippen molar-refractivity contribution >= 4 is 5.95 Å². The first-order valence-electron chi connectivity index (χ1n) is 6.32. The van der Waals surface area contributed by atoms with Crippen LogP contribution in [0.3, 0.4) is 0 Å². The summed E-state index contributed by atoms with van der Waals surface area (Å²) < 4.78 is 5.56. The van der Waals surface area contributed by atoms with Crippen LogP contribution in [0.1, 0.15) is 33.4 Å². The Morgan fingerprint density at radius 3 is 2.44 bits per heavy atom. The van der Waals surface area contributed by atoms with Crippen LogP contribution in [0, 0.1) is 12.8 Å². The number of aliphatic hydroxyl groups excluding tert-OH is 1. The summed E-state index contributed by atoms with van der Waals surface area (Å²) in [5.74, 6) is 1.35. The number of aromatic nitrogens is 2. The lowest BCUT2D eigenvalue weighted by atomic mass is 10.1. The molecule has 0 bridgehead atoms. The highest BCUT2D eigenvalue weighted by molar-refractivity contribution is 5.32. The van der Waals surface area contributed by atoms with Crippen molar-refractivity contribution in [2.75, 3.05) is 11.9 Å². The summed E-state index contributed by atoms with van der Waals surface area (Å²) in [5, 5.41) is 12.4. The summed E-state index contributed by atoms with van der Waals surface area (Å²) in [7, 11) is 0. The van der Waals surface area contributed by atoms with Crippen LogP contribution in [-0.4, -0.2) is 33.8 Å². The lowest BCUT2D eigenvalue weighted by molar-refractivity contribution is 0.231. The van der Waals surface area contributed by atoms with Gasteiger partial charge in [-0.3, -0.25) is 0 Å². The van der Waals surface area contributed by atoms with E-state index in [-0.39, 0.29) is 18.8 Å². The molecule has 0 fully saturated rings. The fraction of sp³-hybridized carbons (Fsp3) is 0.692. The number of aliphatic hydroxyl groups is 1. The molecular formula is C13H23N3O2. The molecule has 1 heterocycles. The minimum absolute atomic E-state index is 0.0509. The third kappa shape index (κ3) is 4.49. The summed E-state index contributed by atoms with van der Waals surface area (Å²) in [4.78, 5) is 8.59. The molecule has 0 aliphatic carbocycles. The molecule has 5 nitrogen and oxygen atoms in total. The maximum absolute atomic E-state index is 9.29. The van der Waals surface area contributed by atoms with Crippen LogP contribution >= 0.6 is 0 Å². The lowest BCUT2D eigenvalue weighted by Gasteiger charge is -2.20. The van der Waals surface area contributed by atoms with Crippen LogP contribution in [0.4, 0.5) is 5.95 Å². The van der Waals surface area contributed by atoms with E-state index in [1.807, 2.05) is 34.6 Å². The van der Waals surface area contributed by atoms with Crippen LogP contribution in [0.2, 0.25) is 0 Å². The van der Waals surface area contributed by atoms with E-state index in [0.717, 1.165) is 5.69 Å². The van der Waals surface area contributed by atoms with Crippen molar-refractivity contribution in [3.63, 3.8) is 0 Å². The van der Waals surface area contributed by atoms with Crippen LogP contribution in [0.5, 0.6) is 5.88 Å². The molecule has 2 N–H and O–H groups in total. The van der Waals surface area contributed by atoms with E-state index >= 15 is 0 Å².